The average molecular weight is 411 g/mol. The maximum Gasteiger partial charge on any atom is 0.293 e. The molecular formula is C20H31ClN4O3. The van der Waals surface area contributed by atoms with Crippen LogP contribution in [0.5, 0.6) is 0 Å². The second-order valence-corrected chi connectivity index (χ2v) is 8.23. The molecule has 0 aromatic heterocycles. The Morgan fingerprint density at radius 1 is 1.32 bits per heavy atom. The lowest BCUT2D eigenvalue weighted by atomic mass is 9.91. The van der Waals surface area contributed by atoms with Gasteiger partial charge in [0.2, 0.25) is 0 Å². The first-order valence-electron chi connectivity index (χ1n) is 9.96. The van der Waals surface area contributed by atoms with Crippen LogP contribution in [0.2, 0.25) is 0 Å². The van der Waals surface area contributed by atoms with E-state index in [0.717, 1.165) is 45.4 Å². The van der Waals surface area contributed by atoms with Crippen molar-refractivity contribution in [3.63, 3.8) is 0 Å². The van der Waals surface area contributed by atoms with Crippen molar-refractivity contribution in [1.82, 2.24) is 10.6 Å². The molecule has 1 amide bonds. The number of halogens is 1. The van der Waals surface area contributed by atoms with Gasteiger partial charge in [0, 0.05) is 31.3 Å². The summed E-state index contributed by atoms with van der Waals surface area (Å²) in [5.74, 6) is 1.18. The van der Waals surface area contributed by atoms with Gasteiger partial charge in [-0.15, -0.1) is 12.4 Å². The fourth-order valence-corrected chi connectivity index (χ4v) is 4.38. The second kappa shape index (κ2) is 10.1. The molecule has 28 heavy (non-hydrogen) atoms. The number of anilines is 1. The third-order valence-corrected chi connectivity index (χ3v) is 5.59. The van der Waals surface area contributed by atoms with E-state index in [1.807, 2.05) is 0 Å². The molecule has 1 aromatic carbocycles. The predicted octanol–water partition coefficient (Wildman–Crippen LogP) is 3.23. The van der Waals surface area contributed by atoms with E-state index in [9.17, 15) is 14.9 Å². The van der Waals surface area contributed by atoms with Crippen molar-refractivity contribution in [2.24, 2.45) is 17.8 Å². The molecule has 3 atom stereocenters. The van der Waals surface area contributed by atoms with Crippen molar-refractivity contribution in [3.8, 4) is 0 Å². The third-order valence-electron chi connectivity index (χ3n) is 5.59. The SMILES string of the molecule is CC1CC(C)CN(c2ccc(C(=O)NCC3CCCNC3)cc2[N+](=O)[O-])C1.Cl. The molecule has 1 aromatic rings. The van der Waals surface area contributed by atoms with Crippen molar-refractivity contribution in [2.75, 3.05) is 37.6 Å². The Balaban J connectivity index is 0.00000280. The molecule has 2 aliphatic rings. The third kappa shape index (κ3) is 5.58. The van der Waals surface area contributed by atoms with Gasteiger partial charge in [0.1, 0.15) is 5.69 Å². The molecule has 0 spiro atoms. The Morgan fingerprint density at radius 3 is 2.64 bits per heavy atom. The first-order chi connectivity index (χ1) is 12.9. The number of amides is 1. The Morgan fingerprint density at radius 2 is 2.04 bits per heavy atom. The fraction of sp³-hybridized carbons (Fsp3) is 0.650. The predicted molar refractivity (Wildman–Crippen MR) is 113 cm³/mol. The summed E-state index contributed by atoms with van der Waals surface area (Å²) in [6, 6.07) is 4.87. The molecule has 156 valence electrons. The number of hydrogen-bond donors (Lipinski definition) is 2. The molecular weight excluding hydrogens is 380 g/mol. The van der Waals surface area contributed by atoms with Gasteiger partial charge in [-0.3, -0.25) is 14.9 Å². The Hall–Kier alpha value is -1.86. The summed E-state index contributed by atoms with van der Waals surface area (Å²) < 4.78 is 0. The van der Waals surface area contributed by atoms with E-state index in [2.05, 4.69) is 29.4 Å². The number of hydrogen-bond acceptors (Lipinski definition) is 5. The maximum absolute atomic E-state index is 12.5. The summed E-state index contributed by atoms with van der Waals surface area (Å²) in [6.07, 6.45) is 3.35. The highest BCUT2D eigenvalue weighted by atomic mass is 35.5. The number of nitrogens with zero attached hydrogens (tertiary/aromatic N) is 2. The summed E-state index contributed by atoms with van der Waals surface area (Å²) in [5, 5.41) is 17.9. The number of carbonyl (C=O) groups excluding carboxylic acids is 1. The topological polar surface area (TPSA) is 87.5 Å². The average Bonchev–Trinajstić information content (AvgIpc) is 2.65. The molecule has 8 heteroatoms. The maximum atomic E-state index is 12.5. The Labute approximate surface area is 172 Å². The van der Waals surface area contributed by atoms with E-state index in [0.29, 0.717) is 35.5 Å². The van der Waals surface area contributed by atoms with Crippen LogP contribution in [0, 0.1) is 27.9 Å². The number of nitro benzene ring substituents is 1. The van der Waals surface area contributed by atoms with Crippen LogP contribution >= 0.6 is 12.4 Å². The molecule has 0 radical (unpaired) electrons. The van der Waals surface area contributed by atoms with Crippen molar-refractivity contribution < 1.29 is 9.72 Å². The number of carbonyl (C=O) groups is 1. The summed E-state index contributed by atoms with van der Waals surface area (Å²) in [4.78, 5) is 25.8. The van der Waals surface area contributed by atoms with Gasteiger partial charge < -0.3 is 15.5 Å². The number of benzene rings is 1. The number of nitrogens with one attached hydrogen (secondary N) is 2. The molecule has 2 fully saturated rings. The standard InChI is InChI=1S/C20H30N4O3.ClH/c1-14-8-15(2)13-23(12-14)18-6-5-17(9-19(18)24(26)27)20(25)22-11-16-4-3-7-21-10-16;/h5-6,9,14-16,21H,3-4,7-8,10-13H2,1-2H3,(H,22,25);1H. The van der Waals surface area contributed by atoms with Crippen LogP contribution < -0.4 is 15.5 Å². The lowest BCUT2D eigenvalue weighted by Crippen LogP contribution is -2.39. The van der Waals surface area contributed by atoms with Gasteiger partial charge >= 0.3 is 0 Å². The highest BCUT2D eigenvalue weighted by molar-refractivity contribution is 5.95. The van der Waals surface area contributed by atoms with Crippen LogP contribution in [0.4, 0.5) is 11.4 Å². The molecule has 2 heterocycles. The molecule has 0 saturated carbocycles. The summed E-state index contributed by atoms with van der Waals surface area (Å²) in [7, 11) is 0. The number of rotatable bonds is 5. The van der Waals surface area contributed by atoms with E-state index < -0.39 is 0 Å². The molecule has 0 aliphatic carbocycles. The van der Waals surface area contributed by atoms with Crippen molar-refractivity contribution in [3.05, 3.63) is 33.9 Å². The van der Waals surface area contributed by atoms with Gasteiger partial charge in [-0.1, -0.05) is 13.8 Å². The quantitative estimate of drug-likeness (QED) is 0.574. The van der Waals surface area contributed by atoms with Gasteiger partial charge in [-0.2, -0.15) is 0 Å². The molecule has 2 aliphatic heterocycles. The zero-order valence-corrected chi connectivity index (χ0v) is 17.5. The largest absolute Gasteiger partial charge is 0.365 e. The van der Waals surface area contributed by atoms with Gasteiger partial charge in [-0.25, -0.2) is 0 Å². The minimum Gasteiger partial charge on any atom is -0.365 e. The highest BCUT2D eigenvalue weighted by Crippen LogP contribution is 2.33. The van der Waals surface area contributed by atoms with Crippen LogP contribution in [0.3, 0.4) is 0 Å². The van der Waals surface area contributed by atoms with E-state index in [1.54, 1.807) is 12.1 Å². The first kappa shape index (κ1) is 22.4. The molecule has 2 N–H and O–H groups in total. The number of nitro groups is 1. The van der Waals surface area contributed by atoms with E-state index in [1.165, 1.54) is 6.07 Å². The molecule has 2 saturated heterocycles. The fourth-order valence-electron chi connectivity index (χ4n) is 4.38. The molecule has 3 unspecified atom stereocenters. The zero-order chi connectivity index (χ0) is 19.4. The summed E-state index contributed by atoms with van der Waals surface area (Å²) in [6.45, 7) is 8.52. The zero-order valence-electron chi connectivity index (χ0n) is 16.6. The second-order valence-electron chi connectivity index (χ2n) is 8.23. The van der Waals surface area contributed by atoms with Crippen molar-refractivity contribution in [2.45, 2.75) is 33.1 Å². The molecule has 7 nitrogen and oxygen atoms in total. The van der Waals surface area contributed by atoms with Crippen LogP contribution in [-0.4, -0.2) is 43.6 Å². The minimum absolute atomic E-state index is 0. The minimum atomic E-state index is -0.374. The van der Waals surface area contributed by atoms with Gasteiger partial charge in [-0.05, 0) is 62.2 Å². The van der Waals surface area contributed by atoms with E-state index >= 15 is 0 Å². The monoisotopic (exact) mass is 410 g/mol. The lowest BCUT2D eigenvalue weighted by Gasteiger charge is -2.36. The van der Waals surface area contributed by atoms with Crippen molar-refractivity contribution in [1.29, 1.82) is 0 Å². The summed E-state index contributed by atoms with van der Waals surface area (Å²) in [5.41, 5.74) is 0.988. The van der Waals surface area contributed by atoms with Gasteiger partial charge in [0.15, 0.2) is 0 Å². The molecule has 0 bridgehead atoms. The Kier molecular flexibility index (Phi) is 8.07. The van der Waals surface area contributed by atoms with E-state index in [-0.39, 0.29) is 28.9 Å². The lowest BCUT2D eigenvalue weighted by molar-refractivity contribution is -0.384. The van der Waals surface area contributed by atoms with Crippen LogP contribution in [0.25, 0.3) is 0 Å². The normalized spacial score (nSPS) is 24.9. The van der Waals surface area contributed by atoms with Gasteiger partial charge in [0.25, 0.3) is 11.6 Å². The molecule has 3 rings (SSSR count). The smallest absolute Gasteiger partial charge is 0.293 e. The van der Waals surface area contributed by atoms with Crippen molar-refractivity contribution >= 4 is 29.7 Å². The van der Waals surface area contributed by atoms with Crippen LogP contribution in [0.15, 0.2) is 18.2 Å². The first-order valence-corrected chi connectivity index (χ1v) is 9.96. The number of piperidine rings is 2. The summed E-state index contributed by atoms with van der Waals surface area (Å²) >= 11 is 0. The van der Waals surface area contributed by atoms with E-state index in [4.69, 9.17) is 0 Å². The highest BCUT2D eigenvalue weighted by Gasteiger charge is 2.28. The van der Waals surface area contributed by atoms with Crippen LogP contribution in [-0.2, 0) is 0 Å². The Bertz CT molecular complexity index is 684. The van der Waals surface area contributed by atoms with Gasteiger partial charge in [0.05, 0.1) is 4.92 Å². The van der Waals surface area contributed by atoms with Crippen LogP contribution in [0.1, 0.15) is 43.5 Å².